The lowest BCUT2D eigenvalue weighted by atomic mass is 9.99. The van der Waals surface area contributed by atoms with Gasteiger partial charge in [-0.05, 0) is 102 Å². The van der Waals surface area contributed by atoms with Crippen LogP contribution in [0.1, 0.15) is 22.8 Å². The molecule has 11 aromatic rings. The third kappa shape index (κ3) is 3.92. The van der Waals surface area contributed by atoms with Gasteiger partial charge in [-0.1, -0.05) is 91.0 Å². The average Bonchev–Trinajstić information content (AvgIpc) is 3.46. The molecule has 0 bridgehead atoms. The average molecular weight is 711 g/mol. The maximum absolute atomic E-state index is 2.50. The van der Waals surface area contributed by atoms with Crippen LogP contribution in [0.15, 0.2) is 152 Å². The van der Waals surface area contributed by atoms with E-state index >= 15 is 0 Å². The standard InChI is InChI=1S/C49H30N2S2/c1-5-16-40(51-42-18-7-3-14-33(42)36-24-38-34-15-4-8-19-45(34)52-47(38)27-44(36)51)31(12-1)28-10-9-11-30(22-28)50-41-17-6-2-13-32(41)37-25-39-48(26-43(37)50)53-46-21-20-29-23-35(29)49(39)46/h1-22,24-27,29,35H,23H2. The van der Waals surface area contributed by atoms with Crippen LogP contribution in [-0.2, 0) is 0 Å². The van der Waals surface area contributed by atoms with Crippen LogP contribution in [0.4, 0.5) is 0 Å². The fourth-order valence-corrected chi connectivity index (χ4v) is 11.8. The molecule has 13 rings (SSSR count). The zero-order valence-electron chi connectivity index (χ0n) is 28.6. The van der Waals surface area contributed by atoms with Gasteiger partial charge < -0.3 is 9.13 Å². The molecule has 2 aliphatic rings. The van der Waals surface area contributed by atoms with Gasteiger partial charge in [-0.15, -0.1) is 22.7 Å². The van der Waals surface area contributed by atoms with Crippen LogP contribution in [0.25, 0.3) is 102 Å². The quantitative estimate of drug-likeness (QED) is 0.173. The van der Waals surface area contributed by atoms with Crippen LogP contribution in [0.2, 0.25) is 0 Å². The number of allylic oxidation sites excluding steroid dienone is 1. The van der Waals surface area contributed by atoms with Crippen LogP contribution in [0.5, 0.6) is 0 Å². The van der Waals surface area contributed by atoms with Crippen molar-refractivity contribution in [3.63, 3.8) is 0 Å². The van der Waals surface area contributed by atoms with E-state index in [-0.39, 0.29) is 0 Å². The lowest BCUT2D eigenvalue weighted by Gasteiger charge is -2.16. The van der Waals surface area contributed by atoms with E-state index in [1.807, 2.05) is 22.7 Å². The molecule has 53 heavy (non-hydrogen) atoms. The molecule has 4 aromatic heterocycles. The molecule has 0 amide bonds. The zero-order valence-corrected chi connectivity index (χ0v) is 30.2. The minimum Gasteiger partial charge on any atom is -0.309 e. The Kier molecular flexibility index (Phi) is 5.59. The number of benzene rings is 7. The summed E-state index contributed by atoms with van der Waals surface area (Å²) in [5, 5.41) is 9.35. The second-order valence-electron chi connectivity index (χ2n) is 14.8. The van der Waals surface area contributed by atoms with Crippen LogP contribution in [-0.4, -0.2) is 9.13 Å². The van der Waals surface area contributed by atoms with Crippen molar-refractivity contribution in [1.29, 1.82) is 0 Å². The van der Waals surface area contributed by atoms with Gasteiger partial charge >= 0.3 is 0 Å². The molecule has 248 valence electrons. The maximum atomic E-state index is 2.50. The van der Waals surface area contributed by atoms with Gasteiger partial charge in [0.1, 0.15) is 0 Å². The zero-order chi connectivity index (χ0) is 34.4. The Labute approximate surface area is 313 Å². The number of para-hydroxylation sites is 3. The first kappa shape index (κ1) is 28.6. The van der Waals surface area contributed by atoms with E-state index in [1.165, 1.54) is 108 Å². The molecule has 2 unspecified atom stereocenters. The number of thiophene rings is 2. The van der Waals surface area contributed by atoms with E-state index in [9.17, 15) is 0 Å². The van der Waals surface area contributed by atoms with Gasteiger partial charge in [0.05, 0.1) is 27.8 Å². The fourth-order valence-electron chi connectivity index (χ4n) is 9.52. The van der Waals surface area contributed by atoms with Gasteiger partial charge in [0.2, 0.25) is 0 Å². The molecule has 4 heterocycles. The van der Waals surface area contributed by atoms with Crippen LogP contribution >= 0.6 is 22.7 Å². The minimum absolute atomic E-state index is 0.705. The predicted octanol–water partition coefficient (Wildman–Crippen LogP) is 14.3. The monoisotopic (exact) mass is 710 g/mol. The summed E-state index contributed by atoms with van der Waals surface area (Å²) in [7, 11) is 0. The highest BCUT2D eigenvalue weighted by molar-refractivity contribution is 7.25. The number of nitrogens with zero attached hydrogens (tertiary/aromatic N) is 2. The molecule has 2 atom stereocenters. The van der Waals surface area contributed by atoms with Crippen molar-refractivity contribution < 1.29 is 0 Å². The number of rotatable bonds is 3. The van der Waals surface area contributed by atoms with Gasteiger partial charge in [-0.3, -0.25) is 0 Å². The van der Waals surface area contributed by atoms with Gasteiger partial charge in [-0.25, -0.2) is 0 Å². The summed E-state index contributed by atoms with van der Waals surface area (Å²) < 4.78 is 9.03. The first-order valence-electron chi connectivity index (χ1n) is 18.5. The van der Waals surface area contributed by atoms with E-state index in [0.29, 0.717) is 5.92 Å². The maximum Gasteiger partial charge on any atom is 0.0555 e. The van der Waals surface area contributed by atoms with Gasteiger partial charge in [0.15, 0.2) is 0 Å². The van der Waals surface area contributed by atoms with Crippen molar-refractivity contribution in [1.82, 2.24) is 9.13 Å². The van der Waals surface area contributed by atoms with E-state index in [4.69, 9.17) is 0 Å². The molecular weight excluding hydrogens is 681 g/mol. The summed E-state index contributed by atoms with van der Waals surface area (Å²) in [5.41, 5.74) is 11.4. The second kappa shape index (κ2) is 10.3. The number of hydrogen-bond donors (Lipinski definition) is 0. The molecule has 0 aliphatic heterocycles. The summed E-state index contributed by atoms with van der Waals surface area (Å²) >= 11 is 3.84. The lowest BCUT2D eigenvalue weighted by molar-refractivity contribution is 1.01. The van der Waals surface area contributed by atoms with Crippen molar-refractivity contribution in [3.8, 4) is 22.5 Å². The van der Waals surface area contributed by atoms with Crippen LogP contribution < -0.4 is 0 Å². The summed E-state index contributed by atoms with van der Waals surface area (Å²) in [6.45, 7) is 0. The normalized spacial score (nSPS) is 16.5. The molecule has 0 N–H and O–H groups in total. The highest BCUT2D eigenvalue weighted by Gasteiger charge is 2.41. The van der Waals surface area contributed by atoms with Crippen molar-refractivity contribution >= 4 is 103 Å². The molecule has 1 fully saturated rings. The topological polar surface area (TPSA) is 9.86 Å². The Morgan fingerprint density at radius 2 is 1.15 bits per heavy atom. The third-order valence-corrected chi connectivity index (χ3v) is 14.3. The van der Waals surface area contributed by atoms with Crippen LogP contribution in [0.3, 0.4) is 0 Å². The third-order valence-electron chi connectivity index (χ3n) is 12.0. The largest absolute Gasteiger partial charge is 0.309 e. The van der Waals surface area contributed by atoms with E-state index < -0.39 is 0 Å². The summed E-state index contributed by atoms with van der Waals surface area (Å²) in [6.07, 6.45) is 6.12. The molecule has 2 nitrogen and oxygen atoms in total. The molecule has 0 spiro atoms. The first-order valence-corrected chi connectivity index (χ1v) is 20.1. The number of fused-ring (bicyclic) bond motifs is 14. The Morgan fingerprint density at radius 1 is 0.472 bits per heavy atom. The molecule has 4 heteroatoms. The lowest BCUT2D eigenvalue weighted by Crippen LogP contribution is -1.98. The fraction of sp³-hybridized carbons (Fsp3) is 0.0612. The van der Waals surface area contributed by atoms with E-state index in [1.54, 1.807) is 5.56 Å². The van der Waals surface area contributed by atoms with Crippen molar-refractivity contribution in [3.05, 3.63) is 162 Å². The molecular formula is C49H30N2S2. The Hall–Kier alpha value is -5.94. The predicted molar refractivity (Wildman–Crippen MR) is 229 cm³/mol. The highest BCUT2D eigenvalue weighted by Crippen LogP contribution is 2.57. The highest BCUT2D eigenvalue weighted by atomic mass is 32.1. The van der Waals surface area contributed by atoms with E-state index in [2.05, 4.69) is 167 Å². The molecule has 2 aliphatic carbocycles. The molecule has 0 radical (unpaired) electrons. The molecule has 1 saturated carbocycles. The minimum atomic E-state index is 0.705. The number of hydrogen-bond acceptors (Lipinski definition) is 2. The van der Waals surface area contributed by atoms with Crippen molar-refractivity contribution in [2.75, 3.05) is 0 Å². The van der Waals surface area contributed by atoms with Gasteiger partial charge in [-0.2, -0.15) is 0 Å². The van der Waals surface area contributed by atoms with Gasteiger partial charge in [0, 0.05) is 62.5 Å². The Balaban J connectivity index is 1.03. The van der Waals surface area contributed by atoms with Crippen molar-refractivity contribution in [2.45, 2.75) is 12.3 Å². The molecule has 0 saturated heterocycles. The summed E-state index contributed by atoms with van der Waals surface area (Å²) in [6, 6.07) is 54.6. The van der Waals surface area contributed by atoms with Gasteiger partial charge in [0.25, 0.3) is 0 Å². The number of aromatic nitrogens is 2. The Morgan fingerprint density at radius 3 is 2.00 bits per heavy atom. The SMILES string of the molecule is C1=CC2CC2c2c1sc1cc3c(cc21)c1ccccc1n3-c1cccc(-c2ccccc2-n2c3ccccc3c3cc4c(cc32)sc2ccccc24)c1. The van der Waals surface area contributed by atoms with E-state index in [0.717, 1.165) is 5.92 Å². The smallest absolute Gasteiger partial charge is 0.0555 e. The summed E-state index contributed by atoms with van der Waals surface area (Å²) in [5.74, 6) is 1.44. The Bertz CT molecular complexity index is 3400. The second-order valence-corrected chi connectivity index (χ2v) is 17.0. The first-order chi connectivity index (χ1) is 26.3. The summed E-state index contributed by atoms with van der Waals surface area (Å²) in [4.78, 5) is 1.46. The van der Waals surface area contributed by atoms with Crippen LogP contribution in [0, 0.1) is 5.92 Å². The molecule has 7 aromatic carbocycles. The van der Waals surface area contributed by atoms with Crippen molar-refractivity contribution in [2.24, 2.45) is 5.92 Å².